The smallest absolute Gasteiger partial charge is 0.184 e. The van der Waals surface area contributed by atoms with Gasteiger partial charge in [-0.2, -0.15) is 10.5 Å². The zero-order valence-corrected chi connectivity index (χ0v) is 7.51. The molecule has 1 aromatic rings. The Labute approximate surface area is 82.2 Å². The van der Waals surface area contributed by atoms with Crippen LogP contribution in [0.4, 0.5) is 11.4 Å². The molecule has 4 heteroatoms. The zero-order valence-electron chi connectivity index (χ0n) is 7.51. The van der Waals surface area contributed by atoms with Gasteiger partial charge in [0.25, 0.3) is 0 Å². The van der Waals surface area contributed by atoms with Gasteiger partial charge in [0.15, 0.2) is 12.4 Å². The lowest BCUT2D eigenvalue weighted by Gasteiger charge is -2.29. The van der Waals surface area contributed by atoms with Crippen molar-refractivity contribution in [3.8, 4) is 12.4 Å². The van der Waals surface area contributed by atoms with Crippen LogP contribution in [-0.4, -0.2) is 13.1 Å². The normalized spacial score (nSPS) is 14.1. The van der Waals surface area contributed by atoms with Crippen molar-refractivity contribution in [2.75, 3.05) is 22.9 Å². The SMILES string of the molecule is N#CN1CCN(C#N)c2ccccc21. The predicted molar refractivity (Wildman–Crippen MR) is 52.4 cm³/mol. The highest BCUT2D eigenvalue weighted by molar-refractivity contribution is 5.76. The van der Waals surface area contributed by atoms with E-state index in [1.807, 2.05) is 24.3 Å². The van der Waals surface area contributed by atoms with Crippen LogP contribution < -0.4 is 9.80 Å². The highest BCUT2D eigenvalue weighted by Crippen LogP contribution is 2.31. The van der Waals surface area contributed by atoms with E-state index in [9.17, 15) is 0 Å². The first-order valence-electron chi connectivity index (χ1n) is 4.30. The molecule has 0 fully saturated rings. The molecule has 0 saturated heterocycles. The molecule has 2 rings (SSSR count). The van der Waals surface area contributed by atoms with E-state index in [4.69, 9.17) is 10.5 Å². The number of para-hydroxylation sites is 2. The summed E-state index contributed by atoms with van der Waals surface area (Å²) in [6.07, 6.45) is 4.20. The largest absolute Gasteiger partial charge is 0.276 e. The van der Waals surface area contributed by atoms with Crippen molar-refractivity contribution in [1.29, 1.82) is 10.5 Å². The third-order valence-corrected chi connectivity index (χ3v) is 2.25. The second-order valence-corrected chi connectivity index (χ2v) is 2.99. The van der Waals surface area contributed by atoms with Gasteiger partial charge in [0.05, 0.1) is 24.5 Å². The first-order valence-corrected chi connectivity index (χ1v) is 4.30. The summed E-state index contributed by atoms with van der Waals surface area (Å²) in [7, 11) is 0. The average molecular weight is 184 g/mol. The van der Waals surface area contributed by atoms with Crippen molar-refractivity contribution in [3.63, 3.8) is 0 Å². The van der Waals surface area contributed by atoms with Crippen LogP contribution in [0.25, 0.3) is 0 Å². The molecule has 1 aliphatic rings. The van der Waals surface area contributed by atoms with Crippen LogP contribution in [0.3, 0.4) is 0 Å². The van der Waals surface area contributed by atoms with E-state index >= 15 is 0 Å². The Hall–Kier alpha value is -2.20. The number of fused-ring (bicyclic) bond motifs is 1. The van der Waals surface area contributed by atoms with Crippen LogP contribution in [-0.2, 0) is 0 Å². The van der Waals surface area contributed by atoms with E-state index in [1.54, 1.807) is 9.80 Å². The van der Waals surface area contributed by atoms with Gasteiger partial charge in [-0.05, 0) is 12.1 Å². The van der Waals surface area contributed by atoms with Gasteiger partial charge in [-0.15, -0.1) is 0 Å². The van der Waals surface area contributed by atoms with Crippen molar-refractivity contribution < 1.29 is 0 Å². The summed E-state index contributed by atoms with van der Waals surface area (Å²) < 4.78 is 0. The summed E-state index contributed by atoms with van der Waals surface area (Å²) in [4.78, 5) is 3.20. The summed E-state index contributed by atoms with van der Waals surface area (Å²) in [5.74, 6) is 0. The maximum Gasteiger partial charge on any atom is 0.184 e. The van der Waals surface area contributed by atoms with Gasteiger partial charge in [-0.3, -0.25) is 9.80 Å². The Balaban J connectivity index is 2.51. The molecule has 4 nitrogen and oxygen atoms in total. The molecule has 0 radical (unpaired) electrons. The number of nitrogens with zero attached hydrogens (tertiary/aromatic N) is 4. The van der Waals surface area contributed by atoms with E-state index in [-0.39, 0.29) is 0 Å². The fourth-order valence-corrected chi connectivity index (χ4v) is 1.57. The minimum Gasteiger partial charge on any atom is -0.276 e. The molecule has 1 aromatic carbocycles. The van der Waals surface area contributed by atoms with Gasteiger partial charge in [-0.1, -0.05) is 12.1 Å². The minimum absolute atomic E-state index is 0.571. The molecule has 1 aliphatic heterocycles. The monoisotopic (exact) mass is 184 g/mol. The molecule has 0 amide bonds. The van der Waals surface area contributed by atoms with Crippen LogP contribution >= 0.6 is 0 Å². The molecule has 0 unspecified atom stereocenters. The fourth-order valence-electron chi connectivity index (χ4n) is 1.57. The van der Waals surface area contributed by atoms with Crippen molar-refractivity contribution in [2.24, 2.45) is 0 Å². The number of hydrogen-bond donors (Lipinski definition) is 0. The van der Waals surface area contributed by atoms with E-state index < -0.39 is 0 Å². The molecule has 14 heavy (non-hydrogen) atoms. The number of rotatable bonds is 0. The average Bonchev–Trinajstić information content (AvgIpc) is 2.27. The number of benzene rings is 1. The van der Waals surface area contributed by atoms with Gasteiger partial charge < -0.3 is 0 Å². The number of anilines is 2. The highest BCUT2D eigenvalue weighted by atomic mass is 15.3. The minimum atomic E-state index is 0.571. The first kappa shape index (κ1) is 8.40. The van der Waals surface area contributed by atoms with Crippen molar-refractivity contribution >= 4 is 11.4 Å². The predicted octanol–water partition coefficient (Wildman–Crippen LogP) is 1.28. The molecule has 0 atom stereocenters. The fraction of sp³-hybridized carbons (Fsp3) is 0.200. The van der Waals surface area contributed by atoms with Gasteiger partial charge in [0, 0.05) is 0 Å². The second kappa shape index (κ2) is 3.27. The molecule has 0 N–H and O–H groups in total. The maximum atomic E-state index is 8.87. The van der Waals surface area contributed by atoms with Crippen LogP contribution in [0.15, 0.2) is 24.3 Å². The summed E-state index contributed by atoms with van der Waals surface area (Å²) in [6, 6.07) is 7.43. The van der Waals surface area contributed by atoms with E-state index in [0.717, 1.165) is 11.4 Å². The summed E-state index contributed by atoms with van der Waals surface area (Å²) in [5, 5.41) is 17.7. The van der Waals surface area contributed by atoms with Crippen molar-refractivity contribution in [2.45, 2.75) is 0 Å². The maximum absolute atomic E-state index is 8.87. The third-order valence-electron chi connectivity index (χ3n) is 2.25. The van der Waals surface area contributed by atoms with Crippen LogP contribution in [0.2, 0.25) is 0 Å². The Kier molecular flexibility index (Phi) is 1.96. The standard InChI is InChI=1S/C10H8N4/c11-7-13-5-6-14(8-12)10-4-2-1-3-9(10)13/h1-4H,5-6H2. The Morgan fingerprint density at radius 2 is 1.36 bits per heavy atom. The molecular weight excluding hydrogens is 176 g/mol. The zero-order chi connectivity index (χ0) is 9.97. The lowest BCUT2D eigenvalue weighted by atomic mass is 10.2. The molecule has 68 valence electrons. The summed E-state index contributed by atoms with van der Waals surface area (Å²) in [6.45, 7) is 1.14. The summed E-state index contributed by atoms with van der Waals surface area (Å²) >= 11 is 0. The molecule has 0 bridgehead atoms. The van der Waals surface area contributed by atoms with E-state index in [1.165, 1.54) is 0 Å². The van der Waals surface area contributed by atoms with Crippen LogP contribution in [0.5, 0.6) is 0 Å². The van der Waals surface area contributed by atoms with Gasteiger partial charge in [-0.25, -0.2) is 0 Å². The molecule has 0 saturated carbocycles. The van der Waals surface area contributed by atoms with E-state index in [2.05, 4.69) is 12.4 Å². The van der Waals surface area contributed by atoms with Crippen LogP contribution in [0, 0.1) is 22.9 Å². The van der Waals surface area contributed by atoms with E-state index in [0.29, 0.717) is 13.1 Å². The lowest BCUT2D eigenvalue weighted by Crippen LogP contribution is -2.36. The third kappa shape index (κ3) is 1.14. The molecular formula is C10H8N4. The van der Waals surface area contributed by atoms with Crippen molar-refractivity contribution in [3.05, 3.63) is 24.3 Å². The number of nitriles is 2. The molecule has 0 spiro atoms. The Bertz CT molecular complexity index is 385. The van der Waals surface area contributed by atoms with Gasteiger partial charge in [0.2, 0.25) is 0 Å². The topological polar surface area (TPSA) is 54.1 Å². The highest BCUT2D eigenvalue weighted by Gasteiger charge is 2.21. The lowest BCUT2D eigenvalue weighted by molar-refractivity contribution is 0.853. The molecule has 0 aromatic heterocycles. The van der Waals surface area contributed by atoms with Gasteiger partial charge >= 0.3 is 0 Å². The van der Waals surface area contributed by atoms with Crippen LogP contribution in [0.1, 0.15) is 0 Å². The second-order valence-electron chi connectivity index (χ2n) is 2.99. The van der Waals surface area contributed by atoms with Crippen molar-refractivity contribution in [1.82, 2.24) is 0 Å². The molecule has 1 heterocycles. The Morgan fingerprint density at radius 1 is 0.929 bits per heavy atom. The quantitative estimate of drug-likeness (QED) is 0.570. The number of hydrogen-bond acceptors (Lipinski definition) is 4. The first-order chi connectivity index (χ1) is 6.86. The van der Waals surface area contributed by atoms with Gasteiger partial charge in [0.1, 0.15) is 0 Å². The molecule has 0 aliphatic carbocycles. The Morgan fingerprint density at radius 3 is 1.71 bits per heavy atom. The summed E-state index contributed by atoms with van der Waals surface area (Å²) in [5.41, 5.74) is 1.62.